The van der Waals surface area contributed by atoms with Crippen LogP contribution in [-0.2, 0) is 0 Å². The maximum Gasteiger partial charge on any atom is 0.151 e. The number of hydrogen-bond donors (Lipinski definition) is 1. The minimum absolute atomic E-state index is 0.161. The number of phenolic OH excluding ortho intramolecular Hbond substituents is 1. The van der Waals surface area contributed by atoms with E-state index in [-0.39, 0.29) is 5.75 Å². The summed E-state index contributed by atoms with van der Waals surface area (Å²) in [4.78, 5) is 0. The topological polar surface area (TPSA) is 45.0 Å². The summed E-state index contributed by atoms with van der Waals surface area (Å²) in [5, 5.41) is 25.8. The van der Waals surface area contributed by atoms with Crippen LogP contribution in [0.1, 0.15) is 0 Å². The van der Waals surface area contributed by atoms with Crippen LogP contribution in [0.25, 0.3) is 32.3 Å². The highest BCUT2D eigenvalue weighted by Gasteiger charge is 2.15. The molecule has 0 heterocycles. The van der Waals surface area contributed by atoms with E-state index in [1.807, 2.05) is 66.7 Å². The molecule has 5 aromatic rings. The van der Waals surface area contributed by atoms with Gasteiger partial charge in [0.1, 0.15) is 5.69 Å². The van der Waals surface area contributed by atoms with E-state index in [0.29, 0.717) is 5.69 Å². The smallest absolute Gasteiger partial charge is 0.151 e. The first-order chi connectivity index (χ1) is 13.3. The molecule has 0 aliphatic heterocycles. The van der Waals surface area contributed by atoms with Crippen LogP contribution in [0.2, 0.25) is 0 Å². The minimum atomic E-state index is 0.161. The van der Waals surface area contributed by atoms with Gasteiger partial charge in [0.15, 0.2) is 5.75 Å². The summed E-state index contributed by atoms with van der Waals surface area (Å²) in [5.74, 6) is 0.161. The Morgan fingerprint density at radius 1 is 0.519 bits per heavy atom. The molecule has 0 aromatic heterocycles. The van der Waals surface area contributed by atoms with Gasteiger partial charge in [-0.3, -0.25) is 0 Å². The number of azo groups is 1. The van der Waals surface area contributed by atoms with E-state index in [2.05, 4.69) is 34.5 Å². The Labute approximate surface area is 156 Å². The van der Waals surface area contributed by atoms with Crippen LogP contribution in [0.5, 0.6) is 5.75 Å². The van der Waals surface area contributed by atoms with Gasteiger partial charge in [-0.1, -0.05) is 78.9 Å². The second-order valence-electron chi connectivity index (χ2n) is 6.49. The fourth-order valence-corrected chi connectivity index (χ4v) is 3.62. The number of rotatable bonds is 2. The van der Waals surface area contributed by atoms with Crippen molar-refractivity contribution in [3.05, 3.63) is 91.0 Å². The van der Waals surface area contributed by atoms with Crippen molar-refractivity contribution in [1.82, 2.24) is 0 Å². The fourth-order valence-electron chi connectivity index (χ4n) is 3.62. The lowest BCUT2D eigenvalue weighted by Crippen LogP contribution is -1.83. The summed E-state index contributed by atoms with van der Waals surface area (Å²) in [5.41, 5.74) is 1.25. The summed E-state index contributed by atoms with van der Waals surface area (Å²) >= 11 is 0. The number of benzene rings is 5. The van der Waals surface area contributed by atoms with E-state index in [9.17, 15) is 5.11 Å². The van der Waals surface area contributed by atoms with Crippen molar-refractivity contribution in [1.29, 1.82) is 0 Å². The molecular weight excluding hydrogens is 332 g/mol. The first-order valence-corrected chi connectivity index (χ1v) is 8.85. The number of nitrogens with zero attached hydrogens (tertiary/aromatic N) is 2. The van der Waals surface area contributed by atoms with E-state index in [1.54, 1.807) is 0 Å². The highest BCUT2D eigenvalue weighted by atomic mass is 16.3. The van der Waals surface area contributed by atoms with Crippen molar-refractivity contribution in [2.75, 3.05) is 0 Å². The third kappa shape index (κ3) is 2.52. The zero-order valence-corrected chi connectivity index (χ0v) is 14.5. The molecule has 0 aliphatic rings. The molecule has 27 heavy (non-hydrogen) atoms. The molecule has 5 rings (SSSR count). The maximum absolute atomic E-state index is 11.0. The van der Waals surface area contributed by atoms with Crippen LogP contribution in [-0.4, -0.2) is 5.11 Å². The van der Waals surface area contributed by atoms with E-state index < -0.39 is 0 Å². The lowest BCUT2D eigenvalue weighted by molar-refractivity contribution is 0.483. The van der Waals surface area contributed by atoms with E-state index in [0.717, 1.165) is 38.0 Å². The Balaban J connectivity index is 1.92. The standard InChI is InChI=1S/C24H16N2O/c27-24-21-13-7-6-12-19(21)20-15-14-16-8-4-5-11-18(16)22(20)23(24)26-25-17-9-2-1-3-10-17/h1-15,27H. The van der Waals surface area contributed by atoms with Gasteiger partial charge in [0, 0.05) is 10.8 Å². The van der Waals surface area contributed by atoms with Crippen LogP contribution in [0, 0.1) is 0 Å². The maximum atomic E-state index is 11.0. The van der Waals surface area contributed by atoms with Gasteiger partial charge >= 0.3 is 0 Å². The number of hydrogen-bond acceptors (Lipinski definition) is 3. The van der Waals surface area contributed by atoms with Gasteiger partial charge < -0.3 is 5.11 Å². The molecule has 128 valence electrons. The molecule has 0 unspecified atom stereocenters. The molecule has 5 aromatic carbocycles. The summed E-state index contributed by atoms with van der Waals surface area (Å²) in [6.45, 7) is 0. The zero-order valence-electron chi connectivity index (χ0n) is 14.5. The zero-order chi connectivity index (χ0) is 18.2. The molecule has 1 N–H and O–H groups in total. The number of phenols is 1. The van der Waals surface area contributed by atoms with Crippen molar-refractivity contribution >= 4 is 43.7 Å². The number of fused-ring (bicyclic) bond motifs is 5. The molecule has 0 saturated heterocycles. The van der Waals surface area contributed by atoms with Crippen molar-refractivity contribution in [2.24, 2.45) is 10.2 Å². The molecule has 3 nitrogen and oxygen atoms in total. The molecule has 0 saturated carbocycles. The second kappa shape index (κ2) is 6.22. The second-order valence-corrected chi connectivity index (χ2v) is 6.49. The lowest BCUT2D eigenvalue weighted by atomic mass is 9.95. The molecule has 0 amide bonds. The summed E-state index contributed by atoms with van der Waals surface area (Å²) in [7, 11) is 0. The minimum Gasteiger partial charge on any atom is -0.505 e. The van der Waals surface area contributed by atoms with Crippen LogP contribution in [0.4, 0.5) is 11.4 Å². The van der Waals surface area contributed by atoms with Crippen molar-refractivity contribution < 1.29 is 5.11 Å². The molecule has 0 atom stereocenters. The first kappa shape index (κ1) is 15.5. The van der Waals surface area contributed by atoms with Gasteiger partial charge in [-0.15, -0.1) is 5.11 Å². The molecule has 0 fully saturated rings. The predicted octanol–water partition coefficient (Wildman–Crippen LogP) is 7.27. The molecule has 0 bridgehead atoms. The van der Waals surface area contributed by atoms with Crippen molar-refractivity contribution in [3.63, 3.8) is 0 Å². The third-order valence-corrected chi connectivity index (χ3v) is 4.88. The van der Waals surface area contributed by atoms with Crippen LogP contribution < -0.4 is 0 Å². The van der Waals surface area contributed by atoms with Gasteiger partial charge in [-0.25, -0.2) is 0 Å². The summed E-state index contributed by atoms with van der Waals surface area (Å²) < 4.78 is 0. The Hall–Kier alpha value is -3.72. The van der Waals surface area contributed by atoms with E-state index in [1.165, 1.54) is 0 Å². The van der Waals surface area contributed by atoms with E-state index >= 15 is 0 Å². The van der Waals surface area contributed by atoms with Crippen molar-refractivity contribution in [2.45, 2.75) is 0 Å². The molecule has 0 radical (unpaired) electrons. The van der Waals surface area contributed by atoms with E-state index in [4.69, 9.17) is 0 Å². The van der Waals surface area contributed by atoms with Crippen LogP contribution in [0.3, 0.4) is 0 Å². The van der Waals surface area contributed by atoms with Gasteiger partial charge in [0.2, 0.25) is 0 Å². The first-order valence-electron chi connectivity index (χ1n) is 8.85. The van der Waals surface area contributed by atoms with Crippen LogP contribution in [0.15, 0.2) is 101 Å². The average molecular weight is 348 g/mol. The quantitative estimate of drug-likeness (QED) is 0.265. The van der Waals surface area contributed by atoms with Gasteiger partial charge in [0.25, 0.3) is 0 Å². The molecular formula is C24H16N2O. The SMILES string of the molecule is Oc1c(N=Nc2ccccc2)c2c3ccccc3ccc2c2ccccc12. The normalized spacial score (nSPS) is 11.7. The Morgan fingerprint density at radius 3 is 2.00 bits per heavy atom. The number of aromatic hydroxyl groups is 1. The monoisotopic (exact) mass is 348 g/mol. The molecule has 0 aliphatic carbocycles. The van der Waals surface area contributed by atoms with Gasteiger partial charge in [-0.05, 0) is 33.7 Å². The highest BCUT2D eigenvalue weighted by Crippen LogP contribution is 2.46. The largest absolute Gasteiger partial charge is 0.505 e. The van der Waals surface area contributed by atoms with Crippen molar-refractivity contribution in [3.8, 4) is 5.75 Å². The molecule has 0 spiro atoms. The van der Waals surface area contributed by atoms with Crippen LogP contribution >= 0.6 is 0 Å². The molecule has 3 heteroatoms. The fraction of sp³-hybridized carbons (Fsp3) is 0. The van der Waals surface area contributed by atoms with Gasteiger partial charge in [-0.2, -0.15) is 5.11 Å². The van der Waals surface area contributed by atoms with Gasteiger partial charge in [0.05, 0.1) is 5.69 Å². The predicted molar refractivity (Wildman–Crippen MR) is 111 cm³/mol. The Morgan fingerprint density at radius 2 is 1.19 bits per heavy atom. The summed E-state index contributed by atoms with van der Waals surface area (Å²) in [6, 6.07) is 29.8. The Kier molecular flexibility index (Phi) is 3.58. The summed E-state index contributed by atoms with van der Waals surface area (Å²) in [6.07, 6.45) is 0. The highest BCUT2D eigenvalue weighted by molar-refractivity contribution is 6.24. The Bertz CT molecular complexity index is 1320. The lowest BCUT2D eigenvalue weighted by Gasteiger charge is -2.12. The third-order valence-electron chi connectivity index (χ3n) is 4.88. The average Bonchev–Trinajstić information content (AvgIpc) is 2.74.